The zero-order chi connectivity index (χ0) is 43.7. The standard InChI is InChI=1S/C60H39N5O/c1-60(2)49-34-53-46(40-23-12-14-27-51(40)64(53)38-21-10-5-11-22-38)32-44(49)45-33-47-41-24-13-15-28-52(41)65(54(47)35-50(45)60)39-29-30-55-48(31-39)42-25-16-26-43(56(42)66-55)59-62-57(36-17-6-3-7-18-36)61-58(63-59)37-19-8-4-9-20-37/h3-35H,1-2H3. The molecule has 0 saturated heterocycles. The number of fused-ring (bicyclic) bond motifs is 12. The molecule has 0 unspecified atom stereocenters. The second kappa shape index (κ2) is 13.7. The van der Waals surface area contributed by atoms with Crippen LogP contribution >= 0.6 is 0 Å². The summed E-state index contributed by atoms with van der Waals surface area (Å²) in [6.45, 7) is 4.77. The molecule has 0 bridgehead atoms. The van der Waals surface area contributed by atoms with Crippen molar-refractivity contribution in [2.75, 3.05) is 0 Å². The van der Waals surface area contributed by atoms with Crippen LogP contribution in [0.2, 0.25) is 0 Å². The number of aromatic nitrogens is 5. The Balaban J connectivity index is 0.947. The lowest BCUT2D eigenvalue weighted by atomic mass is 9.82. The Kier molecular flexibility index (Phi) is 7.64. The van der Waals surface area contributed by atoms with E-state index in [1.54, 1.807) is 0 Å². The SMILES string of the molecule is CC1(C)c2cc3c(cc2-c2cc4c5ccccc5n(-c5ccc6oc7c(-c8nc(-c9ccccc9)nc(-c9ccccc9)n8)cccc7c6c5)c4cc21)c1ccccc1n3-c1ccccc1. The van der Waals surface area contributed by atoms with Gasteiger partial charge in [0.1, 0.15) is 11.2 Å². The summed E-state index contributed by atoms with van der Waals surface area (Å²) < 4.78 is 11.6. The van der Waals surface area contributed by atoms with Gasteiger partial charge in [0.2, 0.25) is 0 Å². The van der Waals surface area contributed by atoms with Gasteiger partial charge in [-0.1, -0.05) is 141 Å². The van der Waals surface area contributed by atoms with Gasteiger partial charge in [-0.15, -0.1) is 0 Å². The van der Waals surface area contributed by atoms with Gasteiger partial charge in [-0.25, -0.2) is 15.0 Å². The van der Waals surface area contributed by atoms with Crippen molar-refractivity contribution in [2.24, 2.45) is 0 Å². The topological polar surface area (TPSA) is 61.7 Å². The molecular weight excluding hydrogens is 807 g/mol. The van der Waals surface area contributed by atoms with Crippen LogP contribution in [-0.4, -0.2) is 24.1 Å². The van der Waals surface area contributed by atoms with Crippen LogP contribution in [0.15, 0.2) is 205 Å². The van der Waals surface area contributed by atoms with Crippen molar-refractivity contribution in [3.8, 4) is 56.7 Å². The molecule has 0 spiro atoms. The van der Waals surface area contributed by atoms with Crippen LogP contribution in [-0.2, 0) is 5.41 Å². The summed E-state index contributed by atoms with van der Waals surface area (Å²) in [5.74, 6) is 1.79. The summed E-state index contributed by atoms with van der Waals surface area (Å²) in [6, 6.07) is 71.2. The summed E-state index contributed by atoms with van der Waals surface area (Å²) in [4.78, 5) is 15.0. The predicted octanol–water partition coefficient (Wildman–Crippen LogP) is 15.3. The van der Waals surface area contributed by atoms with Crippen molar-refractivity contribution in [3.63, 3.8) is 0 Å². The Hall–Kier alpha value is -8.61. The maximum absolute atomic E-state index is 6.78. The van der Waals surface area contributed by atoms with E-state index in [4.69, 9.17) is 19.4 Å². The van der Waals surface area contributed by atoms with Crippen LogP contribution in [0.4, 0.5) is 0 Å². The van der Waals surface area contributed by atoms with E-state index in [1.807, 2.05) is 66.7 Å². The first-order chi connectivity index (χ1) is 32.5. The molecular formula is C60H39N5O. The summed E-state index contributed by atoms with van der Waals surface area (Å²) in [6.07, 6.45) is 0. The van der Waals surface area contributed by atoms with Crippen molar-refractivity contribution in [3.05, 3.63) is 211 Å². The molecule has 9 aromatic carbocycles. The van der Waals surface area contributed by atoms with Crippen LogP contribution in [0, 0.1) is 0 Å². The third kappa shape index (κ3) is 5.27. The van der Waals surface area contributed by atoms with Gasteiger partial charge in [0.05, 0.1) is 27.6 Å². The Morgan fingerprint density at radius 3 is 1.45 bits per heavy atom. The molecule has 0 saturated carbocycles. The van der Waals surface area contributed by atoms with E-state index in [0.717, 1.165) is 49.8 Å². The highest BCUT2D eigenvalue weighted by Gasteiger charge is 2.37. The molecule has 0 amide bonds. The molecule has 1 aliphatic carbocycles. The molecule has 0 N–H and O–H groups in total. The maximum Gasteiger partial charge on any atom is 0.167 e. The van der Waals surface area contributed by atoms with Crippen molar-refractivity contribution in [1.82, 2.24) is 24.1 Å². The van der Waals surface area contributed by atoms with Crippen molar-refractivity contribution in [1.29, 1.82) is 0 Å². The lowest BCUT2D eigenvalue weighted by Gasteiger charge is -2.22. The number of rotatable bonds is 5. The number of furan rings is 1. The molecule has 13 aromatic rings. The number of benzene rings is 9. The number of hydrogen-bond donors (Lipinski definition) is 0. The van der Waals surface area contributed by atoms with E-state index in [1.165, 1.54) is 66.0 Å². The van der Waals surface area contributed by atoms with Crippen molar-refractivity contribution >= 4 is 65.6 Å². The fourth-order valence-corrected chi connectivity index (χ4v) is 10.8. The smallest absolute Gasteiger partial charge is 0.167 e. The molecule has 0 fully saturated rings. The fourth-order valence-electron chi connectivity index (χ4n) is 10.8. The molecule has 4 heterocycles. The largest absolute Gasteiger partial charge is 0.455 e. The average Bonchev–Trinajstić information content (AvgIpc) is 4.08. The molecule has 1 aliphatic rings. The fraction of sp³-hybridized carbons (Fsp3) is 0.0500. The second-order valence-electron chi connectivity index (χ2n) is 18.0. The van der Waals surface area contributed by atoms with Crippen LogP contribution in [0.3, 0.4) is 0 Å². The second-order valence-corrected chi connectivity index (χ2v) is 18.0. The Morgan fingerprint density at radius 2 is 0.864 bits per heavy atom. The summed E-state index contributed by atoms with van der Waals surface area (Å²) >= 11 is 0. The minimum absolute atomic E-state index is 0.247. The minimum atomic E-state index is -0.247. The van der Waals surface area contributed by atoms with E-state index in [0.29, 0.717) is 17.5 Å². The van der Waals surface area contributed by atoms with Gasteiger partial charge in [0.25, 0.3) is 0 Å². The van der Waals surface area contributed by atoms with Gasteiger partial charge < -0.3 is 13.6 Å². The van der Waals surface area contributed by atoms with Crippen molar-refractivity contribution < 1.29 is 4.42 Å². The predicted molar refractivity (Wildman–Crippen MR) is 270 cm³/mol. The Morgan fingerprint density at radius 1 is 0.364 bits per heavy atom. The quantitative estimate of drug-likeness (QED) is 0.173. The van der Waals surface area contributed by atoms with Gasteiger partial charge in [0.15, 0.2) is 17.5 Å². The number of nitrogens with zero attached hydrogens (tertiary/aromatic N) is 5. The van der Waals surface area contributed by atoms with E-state index in [-0.39, 0.29) is 5.41 Å². The van der Waals surface area contributed by atoms with E-state index in [2.05, 4.69) is 156 Å². The molecule has 6 heteroatoms. The van der Waals surface area contributed by atoms with E-state index < -0.39 is 0 Å². The van der Waals surface area contributed by atoms with Gasteiger partial charge in [0, 0.05) is 60.2 Å². The van der Waals surface area contributed by atoms with E-state index >= 15 is 0 Å². The van der Waals surface area contributed by atoms with Gasteiger partial charge in [-0.2, -0.15) is 0 Å². The highest BCUT2D eigenvalue weighted by atomic mass is 16.3. The van der Waals surface area contributed by atoms with Gasteiger partial charge >= 0.3 is 0 Å². The summed E-state index contributed by atoms with van der Waals surface area (Å²) in [5, 5.41) is 7.03. The molecule has 0 radical (unpaired) electrons. The summed E-state index contributed by atoms with van der Waals surface area (Å²) in [5.41, 5.74) is 16.3. The lowest BCUT2D eigenvalue weighted by Crippen LogP contribution is -2.15. The molecule has 0 atom stereocenters. The maximum atomic E-state index is 6.78. The Labute approximate surface area is 379 Å². The molecule has 310 valence electrons. The highest BCUT2D eigenvalue weighted by molar-refractivity contribution is 6.15. The normalized spacial score (nSPS) is 13.1. The monoisotopic (exact) mass is 845 g/mol. The zero-order valence-electron chi connectivity index (χ0n) is 36.2. The first-order valence-corrected chi connectivity index (χ1v) is 22.5. The average molecular weight is 846 g/mol. The van der Waals surface area contributed by atoms with Crippen LogP contribution < -0.4 is 0 Å². The number of para-hydroxylation sites is 4. The van der Waals surface area contributed by atoms with Crippen LogP contribution in [0.5, 0.6) is 0 Å². The molecule has 14 rings (SSSR count). The first kappa shape index (κ1) is 36.8. The minimum Gasteiger partial charge on any atom is -0.455 e. The molecule has 0 aliphatic heterocycles. The van der Waals surface area contributed by atoms with Crippen LogP contribution in [0.1, 0.15) is 25.0 Å². The van der Waals surface area contributed by atoms with Gasteiger partial charge in [-0.05, 0) is 95.1 Å². The molecule has 4 aromatic heterocycles. The lowest BCUT2D eigenvalue weighted by molar-refractivity contribution is 0.661. The Bertz CT molecular complexity index is 4070. The highest BCUT2D eigenvalue weighted by Crippen LogP contribution is 2.53. The third-order valence-electron chi connectivity index (χ3n) is 14.0. The summed E-state index contributed by atoms with van der Waals surface area (Å²) in [7, 11) is 0. The van der Waals surface area contributed by atoms with Crippen molar-refractivity contribution in [2.45, 2.75) is 19.3 Å². The van der Waals surface area contributed by atoms with Gasteiger partial charge in [-0.3, -0.25) is 0 Å². The first-order valence-electron chi connectivity index (χ1n) is 22.5. The molecule has 66 heavy (non-hydrogen) atoms. The zero-order valence-corrected chi connectivity index (χ0v) is 36.2. The molecule has 6 nitrogen and oxygen atoms in total. The third-order valence-corrected chi connectivity index (χ3v) is 14.0. The number of hydrogen-bond acceptors (Lipinski definition) is 4. The van der Waals surface area contributed by atoms with E-state index in [9.17, 15) is 0 Å². The van der Waals surface area contributed by atoms with Crippen LogP contribution in [0.25, 0.3) is 122 Å².